The Morgan fingerprint density at radius 2 is 1.68 bits per heavy atom. The molecular formula is C16H28O6. The second-order valence-electron chi connectivity index (χ2n) is 6.26. The van der Waals surface area contributed by atoms with Gasteiger partial charge >= 0.3 is 11.9 Å². The average Bonchev–Trinajstić information content (AvgIpc) is 2.52. The van der Waals surface area contributed by atoms with Crippen LogP contribution in [0.4, 0.5) is 0 Å². The molecule has 6 heteroatoms. The van der Waals surface area contributed by atoms with E-state index in [9.17, 15) is 9.59 Å². The number of carbonyl (C=O) groups excluding carboxylic acids is 2. The summed E-state index contributed by atoms with van der Waals surface area (Å²) in [5.74, 6) is -0.241. The van der Waals surface area contributed by atoms with Crippen LogP contribution in [0.25, 0.3) is 0 Å². The Kier molecular flexibility index (Phi) is 8.42. The van der Waals surface area contributed by atoms with Gasteiger partial charge in [-0.05, 0) is 18.8 Å². The number of hydrogen-bond acceptors (Lipinski definition) is 6. The van der Waals surface area contributed by atoms with E-state index in [1.807, 2.05) is 20.8 Å². The van der Waals surface area contributed by atoms with E-state index < -0.39 is 0 Å². The van der Waals surface area contributed by atoms with Gasteiger partial charge in [0.2, 0.25) is 0 Å². The fourth-order valence-corrected chi connectivity index (χ4v) is 2.02. The van der Waals surface area contributed by atoms with Gasteiger partial charge in [-0.15, -0.1) is 0 Å². The summed E-state index contributed by atoms with van der Waals surface area (Å²) in [6.07, 6.45) is 1.73. The zero-order valence-corrected chi connectivity index (χ0v) is 13.9. The third-order valence-electron chi connectivity index (χ3n) is 3.61. The second-order valence-corrected chi connectivity index (χ2v) is 6.26. The lowest BCUT2D eigenvalue weighted by Gasteiger charge is -2.35. The van der Waals surface area contributed by atoms with Gasteiger partial charge in [-0.1, -0.05) is 20.8 Å². The SMILES string of the molecule is CCC1(COC(=O)CCCC(=O)OCC(C)C)COCOC1. The molecular weight excluding hydrogens is 288 g/mol. The summed E-state index contributed by atoms with van der Waals surface area (Å²) < 4.78 is 20.9. The molecule has 1 aliphatic rings. The molecule has 0 aromatic carbocycles. The summed E-state index contributed by atoms with van der Waals surface area (Å²) >= 11 is 0. The first kappa shape index (κ1) is 18.9. The molecule has 0 aliphatic carbocycles. The fraction of sp³-hybridized carbons (Fsp3) is 0.875. The van der Waals surface area contributed by atoms with Crippen LogP contribution in [0.2, 0.25) is 0 Å². The van der Waals surface area contributed by atoms with Crippen LogP contribution in [0.15, 0.2) is 0 Å². The maximum atomic E-state index is 11.7. The molecule has 0 bridgehead atoms. The normalized spacial score (nSPS) is 17.3. The lowest BCUT2D eigenvalue weighted by molar-refractivity contribution is -0.187. The molecule has 128 valence electrons. The van der Waals surface area contributed by atoms with Gasteiger partial charge in [-0.2, -0.15) is 0 Å². The van der Waals surface area contributed by atoms with E-state index in [-0.39, 0.29) is 30.2 Å². The molecule has 0 amide bonds. The van der Waals surface area contributed by atoms with Crippen LogP contribution in [-0.2, 0) is 28.5 Å². The Labute approximate surface area is 132 Å². The summed E-state index contributed by atoms with van der Waals surface area (Å²) in [5.41, 5.74) is -0.246. The van der Waals surface area contributed by atoms with Crippen LogP contribution in [0.3, 0.4) is 0 Å². The van der Waals surface area contributed by atoms with E-state index in [0.717, 1.165) is 6.42 Å². The molecule has 0 radical (unpaired) electrons. The first-order valence-corrected chi connectivity index (χ1v) is 7.94. The molecule has 6 nitrogen and oxygen atoms in total. The van der Waals surface area contributed by atoms with Gasteiger partial charge in [-0.3, -0.25) is 9.59 Å². The second kappa shape index (κ2) is 9.79. The lowest BCUT2D eigenvalue weighted by Crippen LogP contribution is -2.41. The van der Waals surface area contributed by atoms with E-state index in [1.54, 1.807) is 0 Å². The summed E-state index contributed by atoms with van der Waals surface area (Å²) in [4.78, 5) is 23.2. The van der Waals surface area contributed by atoms with E-state index in [1.165, 1.54) is 0 Å². The van der Waals surface area contributed by atoms with Crippen molar-refractivity contribution in [2.24, 2.45) is 11.3 Å². The average molecular weight is 316 g/mol. The van der Waals surface area contributed by atoms with E-state index in [4.69, 9.17) is 18.9 Å². The summed E-state index contributed by atoms with van der Waals surface area (Å²) in [7, 11) is 0. The molecule has 0 N–H and O–H groups in total. The van der Waals surface area contributed by atoms with Crippen molar-refractivity contribution in [1.82, 2.24) is 0 Å². The monoisotopic (exact) mass is 316 g/mol. The third kappa shape index (κ3) is 7.22. The highest BCUT2D eigenvalue weighted by Crippen LogP contribution is 2.26. The Morgan fingerprint density at radius 3 is 2.23 bits per heavy atom. The zero-order chi connectivity index (χ0) is 16.4. The first-order chi connectivity index (χ1) is 10.5. The standard InChI is InChI=1S/C16H28O6/c1-4-16(9-19-12-20-10-16)11-22-15(18)7-5-6-14(17)21-8-13(2)3/h13H,4-12H2,1-3H3. The van der Waals surface area contributed by atoms with Gasteiger partial charge in [0.05, 0.1) is 25.2 Å². The molecule has 0 aromatic heterocycles. The Morgan fingerprint density at radius 1 is 1.09 bits per heavy atom. The van der Waals surface area contributed by atoms with Crippen LogP contribution in [-0.4, -0.2) is 45.2 Å². The van der Waals surface area contributed by atoms with Crippen molar-refractivity contribution in [3.05, 3.63) is 0 Å². The fourth-order valence-electron chi connectivity index (χ4n) is 2.02. The van der Waals surface area contributed by atoms with E-state index >= 15 is 0 Å². The largest absolute Gasteiger partial charge is 0.465 e. The summed E-state index contributed by atoms with van der Waals surface area (Å²) in [6, 6.07) is 0. The van der Waals surface area contributed by atoms with Crippen molar-refractivity contribution in [1.29, 1.82) is 0 Å². The summed E-state index contributed by atoms with van der Waals surface area (Å²) in [5, 5.41) is 0. The van der Waals surface area contributed by atoms with Crippen LogP contribution in [0.1, 0.15) is 46.5 Å². The van der Waals surface area contributed by atoms with Gasteiger partial charge in [0.1, 0.15) is 13.4 Å². The molecule has 0 spiro atoms. The first-order valence-electron chi connectivity index (χ1n) is 7.94. The van der Waals surface area contributed by atoms with Crippen LogP contribution in [0.5, 0.6) is 0 Å². The molecule has 0 unspecified atom stereocenters. The molecule has 1 saturated heterocycles. The maximum Gasteiger partial charge on any atom is 0.305 e. The highest BCUT2D eigenvalue weighted by molar-refractivity contribution is 5.72. The topological polar surface area (TPSA) is 71.1 Å². The Bertz CT molecular complexity index is 347. The molecule has 1 rings (SSSR count). The predicted molar refractivity (Wildman–Crippen MR) is 80.1 cm³/mol. The smallest absolute Gasteiger partial charge is 0.305 e. The maximum absolute atomic E-state index is 11.7. The van der Waals surface area contributed by atoms with Gasteiger partial charge in [0.25, 0.3) is 0 Å². The molecule has 0 atom stereocenters. The molecule has 0 saturated carbocycles. The number of esters is 2. The molecule has 1 aliphatic heterocycles. The van der Waals surface area contributed by atoms with Crippen molar-refractivity contribution < 1.29 is 28.5 Å². The van der Waals surface area contributed by atoms with Crippen LogP contribution in [0, 0.1) is 11.3 Å². The van der Waals surface area contributed by atoms with Crippen LogP contribution >= 0.6 is 0 Å². The highest BCUT2D eigenvalue weighted by Gasteiger charge is 2.33. The Hall–Kier alpha value is -1.14. The van der Waals surface area contributed by atoms with E-state index in [0.29, 0.717) is 45.6 Å². The predicted octanol–water partition coefficient (Wildman–Crippen LogP) is 2.30. The van der Waals surface area contributed by atoms with Gasteiger partial charge in [-0.25, -0.2) is 0 Å². The van der Waals surface area contributed by atoms with Crippen molar-refractivity contribution >= 4 is 11.9 Å². The van der Waals surface area contributed by atoms with Crippen molar-refractivity contribution in [3.8, 4) is 0 Å². The molecule has 1 fully saturated rings. The molecule has 22 heavy (non-hydrogen) atoms. The molecule has 0 aromatic rings. The number of ether oxygens (including phenoxy) is 4. The van der Waals surface area contributed by atoms with Crippen molar-refractivity contribution in [2.75, 3.05) is 33.2 Å². The number of carbonyl (C=O) groups is 2. The number of rotatable bonds is 9. The van der Waals surface area contributed by atoms with Gasteiger partial charge in [0, 0.05) is 12.8 Å². The quantitative estimate of drug-likeness (QED) is 0.608. The minimum Gasteiger partial charge on any atom is -0.465 e. The minimum absolute atomic E-state index is 0.221. The van der Waals surface area contributed by atoms with Gasteiger partial charge < -0.3 is 18.9 Å². The minimum atomic E-state index is -0.296. The summed E-state index contributed by atoms with van der Waals surface area (Å²) in [6.45, 7) is 8.07. The Balaban J connectivity index is 2.16. The zero-order valence-electron chi connectivity index (χ0n) is 13.9. The number of hydrogen-bond donors (Lipinski definition) is 0. The molecule has 1 heterocycles. The van der Waals surface area contributed by atoms with Crippen LogP contribution < -0.4 is 0 Å². The van der Waals surface area contributed by atoms with Crippen molar-refractivity contribution in [2.45, 2.75) is 46.5 Å². The third-order valence-corrected chi connectivity index (χ3v) is 3.61. The van der Waals surface area contributed by atoms with Gasteiger partial charge in [0.15, 0.2) is 0 Å². The van der Waals surface area contributed by atoms with E-state index in [2.05, 4.69) is 0 Å². The highest BCUT2D eigenvalue weighted by atomic mass is 16.7. The lowest BCUT2D eigenvalue weighted by atomic mass is 9.87. The van der Waals surface area contributed by atoms with Crippen molar-refractivity contribution in [3.63, 3.8) is 0 Å².